The Morgan fingerprint density at radius 2 is 1.93 bits per heavy atom. The van der Waals surface area contributed by atoms with Crippen LogP contribution in [0.1, 0.15) is 38.0 Å². The zero-order chi connectivity index (χ0) is 20.0. The summed E-state index contributed by atoms with van der Waals surface area (Å²) in [4.78, 5) is 8.57. The Bertz CT molecular complexity index is 904. The van der Waals surface area contributed by atoms with Crippen molar-refractivity contribution in [1.29, 1.82) is 0 Å². The minimum atomic E-state index is -0.0463. The molecule has 0 fully saturated rings. The number of aromatic nitrogens is 3. The minimum Gasteiger partial charge on any atom is -0.443 e. The molecule has 7 heteroatoms. The van der Waals surface area contributed by atoms with Crippen LogP contribution >= 0.6 is 0 Å². The van der Waals surface area contributed by atoms with E-state index >= 15 is 0 Å². The van der Waals surface area contributed by atoms with Crippen LogP contribution in [-0.2, 0) is 18.4 Å². The lowest BCUT2D eigenvalue weighted by atomic mass is 9.94. The van der Waals surface area contributed by atoms with Crippen molar-refractivity contribution in [1.82, 2.24) is 25.4 Å². The van der Waals surface area contributed by atoms with Crippen LogP contribution in [0.2, 0.25) is 0 Å². The van der Waals surface area contributed by atoms with Gasteiger partial charge in [-0.3, -0.25) is 4.99 Å². The molecule has 0 amide bonds. The van der Waals surface area contributed by atoms with Crippen molar-refractivity contribution in [3.05, 3.63) is 66.1 Å². The Kier molecular flexibility index (Phi) is 6.13. The summed E-state index contributed by atoms with van der Waals surface area (Å²) in [5.74, 6) is 2.24. The Morgan fingerprint density at radius 1 is 1.14 bits per heavy atom. The number of hydrogen-bond acceptors (Lipinski definition) is 4. The van der Waals surface area contributed by atoms with E-state index in [1.54, 1.807) is 13.2 Å². The van der Waals surface area contributed by atoms with E-state index in [9.17, 15) is 0 Å². The van der Waals surface area contributed by atoms with E-state index in [0.717, 1.165) is 30.0 Å². The van der Waals surface area contributed by atoms with Crippen molar-refractivity contribution in [3.8, 4) is 5.69 Å². The molecule has 148 valence electrons. The van der Waals surface area contributed by atoms with Gasteiger partial charge in [-0.25, -0.2) is 9.67 Å². The molecule has 0 aliphatic rings. The molecule has 0 saturated carbocycles. The Hall–Kier alpha value is -3.09. The van der Waals surface area contributed by atoms with Gasteiger partial charge in [0.05, 0.1) is 24.6 Å². The van der Waals surface area contributed by atoms with Crippen LogP contribution in [0.25, 0.3) is 5.69 Å². The van der Waals surface area contributed by atoms with Crippen molar-refractivity contribution in [2.75, 3.05) is 13.6 Å². The molecule has 0 atom stereocenters. The van der Waals surface area contributed by atoms with Crippen LogP contribution in [0.5, 0.6) is 0 Å². The fourth-order valence-electron chi connectivity index (χ4n) is 2.66. The summed E-state index contributed by atoms with van der Waals surface area (Å²) in [6.45, 7) is 7.54. The van der Waals surface area contributed by atoms with Crippen LogP contribution in [0.15, 0.2) is 58.3 Å². The largest absolute Gasteiger partial charge is 0.443 e. The summed E-state index contributed by atoms with van der Waals surface area (Å²) in [5.41, 5.74) is 2.17. The second-order valence-corrected chi connectivity index (χ2v) is 7.60. The van der Waals surface area contributed by atoms with Gasteiger partial charge in [0.25, 0.3) is 0 Å². The molecule has 0 aliphatic carbocycles. The highest BCUT2D eigenvalue weighted by Gasteiger charge is 2.19. The number of guanidine groups is 1. The van der Waals surface area contributed by atoms with Crippen molar-refractivity contribution in [2.45, 2.75) is 39.2 Å². The van der Waals surface area contributed by atoms with Crippen LogP contribution in [0, 0.1) is 0 Å². The Balaban J connectivity index is 1.46. The van der Waals surface area contributed by atoms with Crippen LogP contribution < -0.4 is 10.6 Å². The van der Waals surface area contributed by atoms with Gasteiger partial charge in [-0.2, -0.15) is 5.10 Å². The molecule has 0 unspecified atom stereocenters. The average Bonchev–Trinajstić information content (AvgIpc) is 3.34. The van der Waals surface area contributed by atoms with E-state index in [1.165, 1.54) is 0 Å². The number of nitrogens with zero attached hydrogens (tertiary/aromatic N) is 4. The second-order valence-electron chi connectivity index (χ2n) is 7.60. The fourth-order valence-corrected chi connectivity index (χ4v) is 2.66. The van der Waals surface area contributed by atoms with Gasteiger partial charge in [0.1, 0.15) is 5.76 Å². The SMILES string of the molecule is CN=C(NCCc1cnn(-c2ccccc2)c1)NCc1ncc(C(C)(C)C)o1. The molecule has 7 nitrogen and oxygen atoms in total. The molecule has 0 spiro atoms. The van der Waals surface area contributed by atoms with E-state index in [4.69, 9.17) is 4.42 Å². The van der Waals surface area contributed by atoms with Crippen molar-refractivity contribution in [3.63, 3.8) is 0 Å². The van der Waals surface area contributed by atoms with E-state index in [-0.39, 0.29) is 5.41 Å². The maximum atomic E-state index is 5.79. The third-order valence-corrected chi connectivity index (χ3v) is 4.29. The van der Waals surface area contributed by atoms with Gasteiger partial charge in [-0.1, -0.05) is 39.0 Å². The lowest BCUT2D eigenvalue weighted by Gasteiger charge is -2.13. The molecule has 3 aromatic rings. The molecule has 1 aromatic carbocycles. The third kappa shape index (κ3) is 5.22. The van der Waals surface area contributed by atoms with Crippen molar-refractivity contribution >= 4 is 5.96 Å². The van der Waals surface area contributed by atoms with Gasteiger partial charge in [-0.05, 0) is 24.1 Å². The van der Waals surface area contributed by atoms with E-state index in [1.807, 2.05) is 47.4 Å². The molecule has 2 N–H and O–H groups in total. The van der Waals surface area contributed by atoms with E-state index in [2.05, 4.69) is 46.5 Å². The Morgan fingerprint density at radius 3 is 2.61 bits per heavy atom. The van der Waals surface area contributed by atoms with Gasteiger partial charge < -0.3 is 15.1 Å². The maximum Gasteiger partial charge on any atom is 0.213 e. The number of aliphatic imine (C=N–C) groups is 1. The molecule has 2 heterocycles. The molecular formula is C21H28N6O. The van der Waals surface area contributed by atoms with Crippen molar-refractivity contribution < 1.29 is 4.42 Å². The monoisotopic (exact) mass is 380 g/mol. The summed E-state index contributed by atoms with van der Waals surface area (Å²) < 4.78 is 7.68. The number of oxazole rings is 1. The highest BCUT2D eigenvalue weighted by Crippen LogP contribution is 2.22. The number of benzene rings is 1. The number of rotatable bonds is 6. The van der Waals surface area contributed by atoms with Crippen molar-refractivity contribution in [2.24, 2.45) is 4.99 Å². The Labute approximate surface area is 165 Å². The molecule has 0 radical (unpaired) electrons. The lowest BCUT2D eigenvalue weighted by Crippen LogP contribution is -2.37. The third-order valence-electron chi connectivity index (χ3n) is 4.29. The lowest BCUT2D eigenvalue weighted by molar-refractivity contribution is 0.379. The molecule has 3 rings (SSSR count). The zero-order valence-corrected chi connectivity index (χ0v) is 16.9. The summed E-state index contributed by atoms with van der Waals surface area (Å²) in [5, 5.41) is 11.0. The fraction of sp³-hybridized carbons (Fsp3) is 0.381. The number of para-hydroxylation sites is 1. The van der Waals surface area contributed by atoms with Gasteiger partial charge in [0, 0.05) is 25.2 Å². The standard InChI is InChI=1S/C21H28N6O/c1-21(2,3)18-13-24-19(28-18)14-25-20(22-4)23-11-10-16-12-26-27(15-16)17-8-6-5-7-9-17/h5-9,12-13,15H,10-11,14H2,1-4H3,(H2,22,23,25). The summed E-state index contributed by atoms with van der Waals surface area (Å²) in [7, 11) is 1.75. The topological polar surface area (TPSA) is 80.3 Å². The molecule has 0 aliphatic heterocycles. The number of nitrogens with one attached hydrogen (secondary N) is 2. The highest BCUT2D eigenvalue weighted by molar-refractivity contribution is 5.79. The first-order valence-electron chi connectivity index (χ1n) is 9.44. The van der Waals surface area contributed by atoms with Gasteiger partial charge in [0.2, 0.25) is 5.89 Å². The molecular weight excluding hydrogens is 352 g/mol. The van der Waals surface area contributed by atoms with Crippen LogP contribution in [-0.4, -0.2) is 34.3 Å². The van der Waals surface area contributed by atoms with Gasteiger partial charge in [0.15, 0.2) is 5.96 Å². The second kappa shape index (κ2) is 8.73. The molecule has 2 aromatic heterocycles. The normalized spacial score (nSPS) is 12.2. The molecule has 0 saturated heterocycles. The first-order chi connectivity index (χ1) is 13.5. The molecule has 0 bridgehead atoms. The highest BCUT2D eigenvalue weighted by atomic mass is 16.4. The predicted molar refractivity (Wildman–Crippen MR) is 111 cm³/mol. The van der Waals surface area contributed by atoms with E-state index < -0.39 is 0 Å². The van der Waals surface area contributed by atoms with Crippen LogP contribution in [0.4, 0.5) is 0 Å². The summed E-state index contributed by atoms with van der Waals surface area (Å²) in [6, 6.07) is 10.1. The average molecular weight is 380 g/mol. The van der Waals surface area contributed by atoms with Gasteiger partial charge in [-0.15, -0.1) is 0 Å². The predicted octanol–water partition coefficient (Wildman–Crippen LogP) is 3.07. The molecule has 28 heavy (non-hydrogen) atoms. The smallest absolute Gasteiger partial charge is 0.213 e. The first kappa shape index (κ1) is 19.7. The minimum absolute atomic E-state index is 0.0463. The van der Waals surface area contributed by atoms with Crippen LogP contribution in [0.3, 0.4) is 0 Å². The van der Waals surface area contributed by atoms with E-state index in [0.29, 0.717) is 18.4 Å². The summed E-state index contributed by atoms with van der Waals surface area (Å²) >= 11 is 0. The zero-order valence-electron chi connectivity index (χ0n) is 16.9. The first-order valence-corrected chi connectivity index (χ1v) is 9.44. The summed E-state index contributed by atoms with van der Waals surface area (Å²) in [6.07, 6.45) is 6.58. The number of hydrogen-bond donors (Lipinski definition) is 2. The quantitative estimate of drug-likeness (QED) is 0.507. The maximum absolute atomic E-state index is 5.79. The van der Waals surface area contributed by atoms with Gasteiger partial charge >= 0.3 is 0 Å².